The second-order valence-electron chi connectivity index (χ2n) is 7.49. The fraction of sp³-hybridized carbons (Fsp3) is 0.120. The standard InChI is InChI=1S/C25H21N3O5/c1-15(29)26-21-13-18(9-11-22(21)33-2)27-23(30)17-8-10-19-20(12-17)25(32)28(24(19)31)14-16-6-4-3-5-7-16/h3-13H,14H2,1-2H3,(H,26,29)(H,27,30). The molecule has 0 saturated heterocycles. The Hall–Kier alpha value is -4.46. The highest BCUT2D eigenvalue weighted by atomic mass is 16.5. The average Bonchev–Trinajstić information content (AvgIpc) is 3.04. The summed E-state index contributed by atoms with van der Waals surface area (Å²) in [6, 6.07) is 18.5. The predicted octanol–water partition coefficient (Wildman–Crippen LogP) is 3.70. The molecule has 3 aromatic carbocycles. The van der Waals surface area contributed by atoms with Gasteiger partial charge in [-0.2, -0.15) is 0 Å². The van der Waals surface area contributed by atoms with Crippen LogP contribution in [0.4, 0.5) is 11.4 Å². The summed E-state index contributed by atoms with van der Waals surface area (Å²) < 4.78 is 5.21. The second-order valence-corrected chi connectivity index (χ2v) is 7.49. The third-order valence-corrected chi connectivity index (χ3v) is 5.18. The number of carbonyl (C=O) groups is 4. The normalized spacial score (nSPS) is 12.4. The average molecular weight is 443 g/mol. The van der Waals surface area contributed by atoms with Gasteiger partial charge in [0.15, 0.2) is 0 Å². The molecular weight excluding hydrogens is 422 g/mol. The maximum atomic E-state index is 12.9. The molecule has 0 bridgehead atoms. The number of nitrogens with one attached hydrogen (secondary N) is 2. The third-order valence-electron chi connectivity index (χ3n) is 5.18. The molecule has 1 aliphatic rings. The van der Waals surface area contributed by atoms with Crippen LogP contribution in [0.5, 0.6) is 5.75 Å². The van der Waals surface area contributed by atoms with Crippen molar-refractivity contribution >= 4 is 35.0 Å². The van der Waals surface area contributed by atoms with E-state index in [2.05, 4.69) is 10.6 Å². The van der Waals surface area contributed by atoms with E-state index < -0.39 is 11.8 Å². The Morgan fingerprint density at radius 3 is 2.30 bits per heavy atom. The molecular formula is C25H21N3O5. The highest BCUT2D eigenvalue weighted by Crippen LogP contribution is 2.29. The molecule has 3 aromatic rings. The van der Waals surface area contributed by atoms with Gasteiger partial charge in [0.25, 0.3) is 17.7 Å². The molecule has 1 aliphatic heterocycles. The molecule has 0 aromatic heterocycles. The minimum Gasteiger partial charge on any atom is -0.495 e. The van der Waals surface area contributed by atoms with Crippen LogP contribution in [0.3, 0.4) is 0 Å². The Kier molecular flexibility index (Phi) is 5.91. The van der Waals surface area contributed by atoms with Gasteiger partial charge in [-0.3, -0.25) is 24.1 Å². The summed E-state index contributed by atoms with van der Waals surface area (Å²) in [4.78, 5) is 51.0. The maximum Gasteiger partial charge on any atom is 0.261 e. The molecule has 2 N–H and O–H groups in total. The molecule has 0 fully saturated rings. The van der Waals surface area contributed by atoms with E-state index in [1.165, 1.54) is 37.1 Å². The van der Waals surface area contributed by atoms with Crippen molar-refractivity contribution in [2.24, 2.45) is 0 Å². The van der Waals surface area contributed by atoms with E-state index in [-0.39, 0.29) is 35.0 Å². The summed E-state index contributed by atoms with van der Waals surface area (Å²) in [6.07, 6.45) is 0. The van der Waals surface area contributed by atoms with Gasteiger partial charge in [-0.15, -0.1) is 0 Å². The first-order valence-electron chi connectivity index (χ1n) is 10.2. The number of methoxy groups -OCH3 is 1. The van der Waals surface area contributed by atoms with Crippen LogP contribution in [0, 0.1) is 0 Å². The Morgan fingerprint density at radius 1 is 0.879 bits per heavy atom. The number of imide groups is 1. The van der Waals surface area contributed by atoms with Gasteiger partial charge in [0.2, 0.25) is 5.91 Å². The van der Waals surface area contributed by atoms with E-state index in [1.54, 1.807) is 18.2 Å². The Labute approximate surface area is 190 Å². The summed E-state index contributed by atoms with van der Waals surface area (Å²) in [7, 11) is 1.48. The number of benzene rings is 3. The van der Waals surface area contributed by atoms with Gasteiger partial charge in [0, 0.05) is 18.2 Å². The Bertz CT molecular complexity index is 1270. The van der Waals surface area contributed by atoms with Gasteiger partial charge < -0.3 is 15.4 Å². The van der Waals surface area contributed by atoms with Crippen LogP contribution >= 0.6 is 0 Å². The molecule has 0 atom stereocenters. The highest BCUT2D eigenvalue weighted by molar-refractivity contribution is 6.22. The largest absolute Gasteiger partial charge is 0.495 e. The number of fused-ring (bicyclic) bond motifs is 1. The molecule has 166 valence electrons. The van der Waals surface area contributed by atoms with Crippen LogP contribution < -0.4 is 15.4 Å². The van der Waals surface area contributed by atoms with Crippen LogP contribution in [0.15, 0.2) is 66.7 Å². The van der Waals surface area contributed by atoms with Gasteiger partial charge in [-0.25, -0.2) is 0 Å². The first kappa shape index (κ1) is 21.8. The van der Waals surface area contributed by atoms with E-state index in [4.69, 9.17) is 4.74 Å². The molecule has 8 heteroatoms. The maximum absolute atomic E-state index is 12.9. The number of nitrogens with zero attached hydrogens (tertiary/aromatic N) is 1. The summed E-state index contributed by atoms with van der Waals surface area (Å²) in [5.74, 6) is -1.12. The van der Waals surface area contributed by atoms with Crippen LogP contribution in [-0.2, 0) is 11.3 Å². The van der Waals surface area contributed by atoms with Gasteiger partial charge in [-0.1, -0.05) is 30.3 Å². The van der Waals surface area contributed by atoms with Crippen molar-refractivity contribution in [3.05, 3.63) is 89.0 Å². The second kappa shape index (κ2) is 8.96. The molecule has 0 spiro atoms. The van der Waals surface area contributed by atoms with Crippen molar-refractivity contribution in [1.82, 2.24) is 4.90 Å². The molecule has 4 rings (SSSR count). The lowest BCUT2D eigenvalue weighted by molar-refractivity contribution is -0.114. The van der Waals surface area contributed by atoms with E-state index >= 15 is 0 Å². The SMILES string of the molecule is COc1ccc(NC(=O)c2ccc3c(c2)C(=O)N(Cc2ccccc2)C3=O)cc1NC(C)=O. The zero-order valence-electron chi connectivity index (χ0n) is 18.0. The Balaban J connectivity index is 1.54. The number of ether oxygens (including phenoxy) is 1. The van der Waals surface area contributed by atoms with Crippen LogP contribution in [0.2, 0.25) is 0 Å². The lowest BCUT2D eigenvalue weighted by atomic mass is 10.1. The molecule has 0 aliphatic carbocycles. The summed E-state index contributed by atoms with van der Waals surface area (Å²) in [6.45, 7) is 1.53. The summed E-state index contributed by atoms with van der Waals surface area (Å²) in [5.41, 5.74) is 2.36. The minimum absolute atomic E-state index is 0.159. The van der Waals surface area contributed by atoms with E-state index in [9.17, 15) is 19.2 Å². The highest BCUT2D eigenvalue weighted by Gasteiger charge is 2.36. The number of rotatable bonds is 6. The monoisotopic (exact) mass is 443 g/mol. The smallest absolute Gasteiger partial charge is 0.261 e. The zero-order chi connectivity index (χ0) is 23.5. The molecule has 8 nitrogen and oxygen atoms in total. The Morgan fingerprint density at radius 2 is 1.61 bits per heavy atom. The van der Waals surface area contributed by atoms with Crippen molar-refractivity contribution in [3.8, 4) is 5.75 Å². The fourth-order valence-corrected chi connectivity index (χ4v) is 3.62. The molecule has 4 amide bonds. The predicted molar refractivity (Wildman–Crippen MR) is 122 cm³/mol. The molecule has 0 saturated carbocycles. The molecule has 0 radical (unpaired) electrons. The fourth-order valence-electron chi connectivity index (χ4n) is 3.62. The van der Waals surface area contributed by atoms with Crippen molar-refractivity contribution < 1.29 is 23.9 Å². The van der Waals surface area contributed by atoms with Crippen LogP contribution in [-0.4, -0.2) is 35.6 Å². The number of hydrogen-bond acceptors (Lipinski definition) is 5. The molecule has 0 unspecified atom stereocenters. The van der Waals surface area contributed by atoms with Crippen molar-refractivity contribution in [1.29, 1.82) is 0 Å². The van der Waals surface area contributed by atoms with Gasteiger partial charge in [0.05, 0.1) is 30.5 Å². The van der Waals surface area contributed by atoms with E-state index in [0.29, 0.717) is 17.1 Å². The van der Waals surface area contributed by atoms with E-state index in [0.717, 1.165) is 5.56 Å². The summed E-state index contributed by atoms with van der Waals surface area (Å²) >= 11 is 0. The van der Waals surface area contributed by atoms with Gasteiger partial charge >= 0.3 is 0 Å². The zero-order valence-corrected chi connectivity index (χ0v) is 18.0. The quantitative estimate of drug-likeness (QED) is 0.565. The lowest BCUT2D eigenvalue weighted by Crippen LogP contribution is -2.29. The number of hydrogen-bond donors (Lipinski definition) is 2. The first-order chi connectivity index (χ1) is 15.9. The summed E-state index contributed by atoms with van der Waals surface area (Å²) in [5, 5.41) is 5.38. The van der Waals surface area contributed by atoms with Crippen LogP contribution in [0.1, 0.15) is 43.6 Å². The molecule has 33 heavy (non-hydrogen) atoms. The van der Waals surface area contributed by atoms with Gasteiger partial charge in [0.1, 0.15) is 5.75 Å². The topological polar surface area (TPSA) is 105 Å². The third kappa shape index (κ3) is 4.45. The number of carbonyl (C=O) groups excluding carboxylic acids is 4. The van der Waals surface area contributed by atoms with Crippen LogP contribution in [0.25, 0.3) is 0 Å². The number of anilines is 2. The minimum atomic E-state index is -0.460. The first-order valence-corrected chi connectivity index (χ1v) is 10.2. The van der Waals surface area contributed by atoms with Crippen molar-refractivity contribution in [2.75, 3.05) is 17.7 Å². The van der Waals surface area contributed by atoms with Crippen molar-refractivity contribution in [2.45, 2.75) is 13.5 Å². The lowest BCUT2D eigenvalue weighted by Gasteiger charge is -2.13. The van der Waals surface area contributed by atoms with Gasteiger partial charge in [-0.05, 0) is 42.0 Å². The number of amides is 4. The van der Waals surface area contributed by atoms with Crippen molar-refractivity contribution in [3.63, 3.8) is 0 Å². The molecule has 1 heterocycles. The van der Waals surface area contributed by atoms with E-state index in [1.807, 2.05) is 30.3 Å².